The Bertz CT molecular complexity index is 232. The minimum atomic E-state index is -4.01. The fourth-order valence-corrected chi connectivity index (χ4v) is 3.12. The van der Waals surface area contributed by atoms with E-state index in [9.17, 15) is 8.42 Å². The van der Waals surface area contributed by atoms with Gasteiger partial charge in [0.1, 0.15) is 0 Å². The van der Waals surface area contributed by atoms with Gasteiger partial charge in [-0.05, 0) is 30.8 Å². The molecule has 0 amide bonds. The third kappa shape index (κ3) is 5.51. The monoisotopic (exact) mass is 225 g/mol. The zero-order chi connectivity index (χ0) is 9.73. The molecule has 6 heteroatoms. The van der Waals surface area contributed by atoms with Gasteiger partial charge in [0.15, 0.2) is 0 Å². The molecule has 4 nitrogen and oxygen atoms in total. The maximum Gasteiger partial charge on any atom is 0.333 e. The van der Waals surface area contributed by atoms with Crippen LogP contribution in [-0.4, -0.2) is 30.5 Å². The molecule has 0 aromatic heterocycles. The molecule has 0 spiro atoms. The van der Waals surface area contributed by atoms with Crippen molar-refractivity contribution in [1.29, 1.82) is 0 Å². The first kappa shape index (κ1) is 11.3. The van der Waals surface area contributed by atoms with Crippen LogP contribution in [0.1, 0.15) is 25.7 Å². The van der Waals surface area contributed by atoms with Crippen molar-refractivity contribution < 1.29 is 13.0 Å². The third-order valence-corrected chi connectivity index (χ3v) is 3.75. The van der Waals surface area contributed by atoms with Gasteiger partial charge in [0.05, 0.1) is 0 Å². The standard InChI is InChI=1S/C7H15NO3S2/c9-13(10,11)8-7-3-1-2-5-12-6-4-7/h7-8H,1-6H2,(H,9,10,11). The van der Waals surface area contributed by atoms with E-state index in [-0.39, 0.29) is 6.04 Å². The quantitative estimate of drug-likeness (QED) is 0.689. The van der Waals surface area contributed by atoms with Crippen LogP contribution in [-0.2, 0) is 10.3 Å². The molecule has 1 atom stereocenters. The summed E-state index contributed by atoms with van der Waals surface area (Å²) in [6.45, 7) is 0. The summed E-state index contributed by atoms with van der Waals surface area (Å²) in [5.41, 5.74) is 0. The molecule has 2 N–H and O–H groups in total. The van der Waals surface area contributed by atoms with Gasteiger partial charge in [0.2, 0.25) is 0 Å². The second-order valence-electron chi connectivity index (χ2n) is 3.19. The first-order valence-electron chi connectivity index (χ1n) is 4.40. The Hall–Kier alpha value is 0.220. The number of thioether (sulfide) groups is 1. The van der Waals surface area contributed by atoms with Crippen molar-refractivity contribution in [2.24, 2.45) is 0 Å². The number of hydrogen-bond acceptors (Lipinski definition) is 3. The minimum absolute atomic E-state index is 0.0807. The van der Waals surface area contributed by atoms with E-state index in [0.29, 0.717) is 0 Å². The molecular weight excluding hydrogens is 210 g/mol. The summed E-state index contributed by atoms with van der Waals surface area (Å²) in [7, 11) is -4.01. The summed E-state index contributed by atoms with van der Waals surface area (Å²) in [4.78, 5) is 0. The fraction of sp³-hybridized carbons (Fsp3) is 1.00. The maximum atomic E-state index is 10.5. The van der Waals surface area contributed by atoms with E-state index in [2.05, 4.69) is 4.72 Å². The normalized spacial score (nSPS) is 26.4. The van der Waals surface area contributed by atoms with Crippen LogP contribution in [0, 0.1) is 0 Å². The maximum absolute atomic E-state index is 10.5. The first-order chi connectivity index (χ1) is 6.08. The minimum Gasteiger partial charge on any atom is -0.273 e. The molecule has 1 aliphatic rings. The van der Waals surface area contributed by atoms with Crippen LogP contribution in [0.5, 0.6) is 0 Å². The van der Waals surface area contributed by atoms with E-state index in [1.807, 2.05) is 11.8 Å². The molecule has 0 bridgehead atoms. The molecule has 1 rings (SSSR count). The van der Waals surface area contributed by atoms with Crippen molar-refractivity contribution >= 4 is 22.1 Å². The molecule has 0 radical (unpaired) electrons. The van der Waals surface area contributed by atoms with Crippen molar-refractivity contribution in [1.82, 2.24) is 4.72 Å². The molecule has 0 aliphatic carbocycles. The average Bonchev–Trinajstić information content (AvgIpc) is 1.92. The molecule has 1 aliphatic heterocycles. The highest BCUT2D eigenvalue weighted by atomic mass is 32.2. The molecule has 0 aromatic carbocycles. The zero-order valence-corrected chi connectivity index (χ0v) is 9.03. The predicted molar refractivity (Wildman–Crippen MR) is 54.3 cm³/mol. The van der Waals surface area contributed by atoms with Gasteiger partial charge < -0.3 is 0 Å². The van der Waals surface area contributed by atoms with Gasteiger partial charge in [-0.25, -0.2) is 0 Å². The zero-order valence-electron chi connectivity index (χ0n) is 7.40. The van der Waals surface area contributed by atoms with E-state index in [1.165, 1.54) is 5.75 Å². The molecular formula is C7H15NO3S2. The summed E-state index contributed by atoms with van der Waals surface area (Å²) < 4.78 is 31.9. The number of rotatable bonds is 2. The largest absolute Gasteiger partial charge is 0.333 e. The Morgan fingerprint density at radius 1 is 1.23 bits per heavy atom. The van der Waals surface area contributed by atoms with Gasteiger partial charge in [0, 0.05) is 6.04 Å². The van der Waals surface area contributed by atoms with Crippen LogP contribution < -0.4 is 4.72 Å². The molecule has 0 saturated carbocycles. The van der Waals surface area contributed by atoms with E-state index in [4.69, 9.17) is 4.55 Å². The summed E-state index contributed by atoms with van der Waals surface area (Å²) in [6.07, 6.45) is 3.80. The molecule has 1 fully saturated rings. The van der Waals surface area contributed by atoms with Crippen LogP contribution in [0.2, 0.25) is 0 Å². The lowest BCUT2D eigenvalue weighted by atomic mass is 10.1. The average molecular weight is 225 g/mol. The Labute approximate surface area is 83.4 Å². The van der Waals surface area contributed by atoms with Crippen molar-refractivity contribution in [3.63, 3.8) is 0 Å². The highest BCUT2D eigenvalue weighted by Crippen LogP contribution is 2.16. The Morgan fingerprint density at radius 3 is 2.69 bits per heavy atom. The molecule has 0 aromatic rings. The predicted octanol–water partition coefficient (Wildman–Crippen LogP) is 1.05. The van der Waals surface area contributed by atoms with Gasteiger partial charge in [-0.15, -0.1) is 0 Å². The molecule has 1 unspecified atom stereocenters. The van der Waals surface area contributed by atoms with Crippen LogP contribution in [0.15, 0.2) is 0 Å². The van der Waals surface area contributed by atoms with Crippen molar-refractivity contribution in [2.45, 2.75) is 31.7 Å². The van der Waals surface area contributed by atoms with Gasteiger partial charge in [-0.3, -0.25) is 4.55 Å². The topological polar surface area (TPSA) is 66.4 Å². The summed E-state index contributed by atoms with van der Waals surface area (Å²) in [5.74, 6) is 2.13. The van der Waals surface area contributed by atoms with Crippen molar-refractivity contribution in [3.05, 3.63) is 0 Å². The van der Waals surface area contributed by atoms with E-state index in [0.717, 1.165) is 31.4 Å². The van der Waals surface area contributed by atoms with Gasteiger partial charge >= 0.3 is 10.3 Å². The highest BCUT2D eigenvalue weighted by molar-refractivity contribution is 7.99. The highest BCUT2D eigenvalue weighted by Gasteiger charge is 2.15. The van der Waals surface area contributed by atoms with Crippen molar-refractivity contribution in [3.8, 4) is 0 Å². The second-order valence-corrected chi connectivity index (χ2v) is 5.60. The van der Waals surface area contributed by atoms with Crippen molar-refractivity contribution in [2.75, 3.05) is 11.5 Å². The lowest BCUT2D eigenvalue weighted by Gasteiger charge is -2.18. The first-order valence-corrected chi connectivity index (χ1v) is 7.00. The van der Waals surface area contributed by atoms with Crippen LogP contribution in [0.4, 0.5) is 0 Å². The lowest BCUT2D eigenvalue weighted by molar-refractivity contribution is 0.435. The summed E-state index contributed by atoms with van der Waals surface area (Å²) in [5, 5.41) is 0. The van der Waals surface area contributed by atoms with Crippen LogP contribution >= 0.6 is 11.8 Å². The number of hydrogen-bond donors (Lipinski definition) is 2. The van der Waals surface area contributed by atoms with Crippen LogP contribution in [0.25, 0.3) is 0 Å². The van der Waals surface area contributed by atoms with E-state index in [1.54, 1.807) is 0 Å². The Balaban J connectivity index is 2.38. The lowest BCUT2D eigenvalue weighted by Crippen LogP contribution is -2.35. The van der Waals surface area contributed by atoms with Gasteiger partial charge in [0.25, 0.3) is 0 Å². The Morgan fingerprint density at radius 2 is 2.00 bits per heavy atom. The Kier molecular flexibility index (Phi) is 4.51. The summed E-state index contributed by atoms with van der Waals surface area (Å²) in [6, 6.07) is -0.0807. The summed E-state index contributed by atoms with van der Waals surface area (Å²) >= 11 is 1.84. The van der Waals surface area contributed by atoms with E-state index < -0.39 is 10.3 Å². The molecule has 1 heterocycles. The molecule has 1 saturated heterocycles. The molecule has 78 valence electrons. The van der Waals surface area contributed by atoms with Crippen LogP contribution in [0.3, 0.4) is 0 Å². The van der Waals surface area contributed by atoms with Gasteiger partial charge in [-0.1, -0.05) is 6.42 Å². The fourth-order valence-electron chi connectivity index (χ4n) is 1.40. The SMILES string of the molecule is O=S(=O)(O)NC1CCCCSCC1. The third-order valence-electron chi connectivity index (χ3n) is 2.02. The smallest absolute Gasteiger partial charge is 0.273 e. The van der Waals surface area contributed by atoms with Gasteiger partial charge in [-0.2, -0.15) is 24.9 Å². The number of nitrogens with one attached hydrogen (secondary N) is 1. The molecule has 13 heavy (non-hydrogen) atoms. The van der Waals surface area contributed by atoms with E-state index >= 15 is 0 Å². The second kappa shape index (κ2) is 5.19.